The molecule has 1 rings (SSSR count). The van der Waals surface area contributed by atoms with Crippen molar-refractivity contribution in [2.45, 2.75) is 0 Å². The predicted octanol–water partition coefficient (Wildman–Crippen LogP) is -1.18. The Morgan fingerprint density at radius 3 is 2.43 bits per heavy atom. The van der Waals surface area contributed by atoms with Crippen LogP contribution >= 0.6 is 11.5 Å². The van der Waals surface area contributed by atoms with Gasteiger partial charge in [0.05, 0.1) is 11.6 Å². The summed E-state index contributed by atoms with van der Waals surface area (Å²) >= 11 is 1.35. The minimum absolute atomic E-state index is 1.35. The minimum atomic E-state index is 1.35. The van der Waals surface area contributed by atoms with E-state index in [1.165, 1.54) is 11.5 Å². The van der Waals surface area contributed by atoms with E-state index < -0.39 is 0 Å². The van der Waals surface area contributed by atoms with Crippen LogP contribution in [0, 0.1) is 5.39 Å². The highest BCUT2D eigenvalue weighted by molar-refractivity contribution is 7.03. The van der Waals surface area contributed by atoms with Gasteiger partial charge in [0.25, 0.3) is 0 Å². The van der Waals surface area contributed by atoms with Crippen molar-refractivity contribution >= 4 is 11.5 Å². The molecule has 0 fully saturated rings. The molecule has 0 bridgehead atoms. The van der Waals surface area contributed by atoms with E-state index in [2.05, 4.69) is 9.59 Å². The zero-order chi connectivity index (χ0) is 5.54. The highest BCUT2D eigenvalue weighted by atomic mass is 32.1. The molecule has 7 heavy (non-hydrogen) atoms. The van der Waals surface area contributed by atoms with Gasteiger partial charge in [-0.2, -0.15) is 0 Å². The Morgan fingerprint density at radius 1 is 1.57 bits per heavy atom. The number of diazo groups is 1. The smallest absolute Gasteiger partial charge is 0.147 e. The lowest BCUT2D eigenvalue weighted by Crippen LogP contribution is -2.11. The molecule has 0 unspecified atom stereocenters. The van der Waals surface area contributed by atoms with Crippen molar-refractivity contribution in [2.75, 3.05) is 0 Å². The van der Waals surface area contributed by atoms with Crippen LogP contribution in [0.2, 0.25) is 0 Å². The van der Waals surface area contributed by atoms with Gasteiger partial charge in [-0.15, -0.1) is 5.10 Å². The summed E-state index contributed by atoms with van der Waals surface area (Å²) in [6, 6.07) is 0. The molecule has 0 atom stereocenters. The van der Waals surface area contributed by atoms with Gasteiger partial charge in [0.2, 0.25) is 5.39 Å². The molecule has 1 aromatic rings. The van der Waals surface area contributed by atoms with E-state index in [9.17, 15) is 0 Å². The molecule has 1 heterocycles. The summed E-state index contributed by atoms with van der Waals surface area (Å²) in [6.45, 7) is 0. The van der Waals surface area contributed by atoms with Crippen LogP contribution < -0.4 is 5.39 Å². The van der Waals surface area contributed by atoms with E-state index in [4.69, 9.17) is 10.8 Å². The highest BCUT2D eigenvalue weighted by Gasteiger charge is 1.61. The van der Waals surface area contributed by atoms with Gasteiger partial charge in [0.15, 0.2) is 0 Å². The predicted molar refractivity (Wildman–Crippen MR) is 22.6 cm³/mol. The highest BCUT2D eigenvalue weighted by Crippen LogP contribution is 1.78. The summed E-state index contributed by atoms with van der Waals surface area (Å²) in [5.74, 6) is 0. The van der Waals surface area contributed by atoms with Crippen LogP contribution in [0.15, 0.2) is 11.6 Å². The van der Waals surface area contributed by atoms with Crippen LogP contribution in [0.4, 0.5) is 0 Å². The molecular weight excluding hydrogens is 112 g/mol. The van der Waals surface area contributed by atoms with Gasteiger partial charge in [-0.25, -0.2) is 0 Å². The Bertz CT molecular complexity index is 93.3. The van der Waals surface area contributed by atoms with Crippen molar-refractivity contribution in [3.05, 3.63) is 11.6 Å². The monoisotopic (exact) mass is 115 g/mol. The van der Waals surface area contributed by atoms with Crippen LogP contribution in [0.5, 0.6) is 0 Å². The molecule has 0 amide bonds. The molecule has 0 aliphatic rings. The van der Waals surface area contributed by atoms with Crippen LogP contribution in [0.1, 0.15) is 0 Å². The number of nitrogens with one attached hydrogen (secondary N) is 1. The third-order valence-corrected chi connectivity index (χ3v) is 0.715. The van der Waals surface area contributed by atoms with Crippen molar-refractivity contribution in [3.8, 4) is 0 Å². The average molecular weight is 115 g/mol. The Labute approximate surface area is 44.4 Å². The fourth-order valence-corrected chi connectivity index (χ4v) is 0.408. The summed E-state index contributed by atoms with van der Waals surface area (Å²) in [6.07, 6.45) is 1.66. The van der Waals surface area contributed by atoms with Gasteiger partial charge in [0.1, 0.15) is 0 Å². The molecule has 0 aromatic carbocycles. The molecule has 1 N–H and O–H groups in total. The fraction of sp³-hybridized carbons (Fsp3) is 0. The lowest BCUT2D eigenvalue weighted by molar-refractivity contribution is -0.175. The topological polar surface area (TPSA) is 73.4 Å². The van der Waals surface area contributed by atoms with Crippen molar-refractivity contribution in [3.63, 3.8) is 0 Å². The third-order valence-electron chi connectivity index (χ3n) is 0.283. The molecule has 0 radical (unpaired) electrons. The summed E-state index contributed by atoms with van der Waals surface area (Å²) in [5, 5.41) is 16.3. The first-order chi connectivity index (χ1) is 3.50. The largest absolute Gasteiger partial charge is 0.212 e. The lowest BCUT2D eigenvalue weighted by Gasteiger charge is -1.40. The van der Waals surface area contributed by atoms with Crippen LogP contribution in [-0.2, 0) is 0 Å². The Hall–Kier alpha value is -1.02. The van der Waals surface area contributed by atoms with Crippen LogP contribution in [0.25, 0.3) is 0 Å². The van der Waals surface area contributed by atoms with E-state index in [0.29, 0.717) is 0 Å². The van der Waals surface area contributed by atoms with Crippen molar-refractivity contribution in [1.82, 2.24) is 9.59 Å². The van der Waals surface area contributed by atoms with Gasteiger partial charge in [-0.05, 0) is 11.5 Å². The average Bonchev–Trinajstić information content (AvgIpc) is 2.23. The van der Waals surface area contributed by atoms with E-state index in [0.717, 1.165) is 0 Å². The molecule has 4 nitrogen and oxygen atoms in total. The molecule has 5 heteroatoms. The maximum absolute atomic E-state index is 6.25. The summed E-state index contributed by atoms with van der Waals surface area (Å²) in [4.78, 5) is 0. The first-order valence-corrected chi connectivity index (χ1v) is 2.27. The second kappa shape index (κ2) is 4.98. The standard InChI is InChI=1S/C2H2N2S.N2/c1-2-5-4-3-1;1-2/h1-2H;/p+1. The quantitative estimate of drug-likeness (QED) is 0.432. The molecule has 1 aromatic heterocycles. The second-order valence-electron chi connectivity index (χ2n) is 0.588. The number of hydrogen-bond donors (Lipinski definition) is 1. The van der Waals surface area contributed by atoms with E-state index in [1.54, 1.807) is 6.20 Å². The Balaban J connectivity index is 0.000000162. The molecule has 0 spiro atoms. The Kier molecular flexibility index (Phi) is 4.25. The van der Waals surface area contributed by atoms with Gasteiger partial charge >= 0.3 is 0 Å². The van der Waals surface area contributed by atoms with Gasteiger partial charge in [-0.1, -0.05) is 4.49 Å². The maximum atomic E-state index is 6.25. The summed E-state index contributed by atoms with van der Waals surface area (Å²) < 4.78 is 3.51. The fourth-order valence-electron chi connectivity index (χ4n) is 0.136. The first-order valence-electron chi connectivity index (χ1n) is 1.43. The van der Waals surface area contributed by atoms with Crippen LogP contribution in [-0.4, -0.2) is 9.59 Å². The zero-order valence-electron chi connectivity index (χ0n) is 3.40. The minimum Gasteiger partial charge on any atom is -0.147 e. The van der Waals surface area contributed by atoms with Gasteiger partial charge in [0, 0.05) is 5.38 Å². The number of hydrogen-bond acceptors (Lipinski definition) is 4. The molecular formula is C2H3N4S+. The zero-order valence-corrected chi connectivity index (χ0v) is 4.22. The number of nitrogens with zero attached hydrogens (tertiary/aromatic N) is 3. The van der Waals surface area contributed by atoms with Gasteiger partial charge < -0.3 is 0 Å². The molecule has 36 valence electrons. The van der Waals surface area contributed by atoms with E-state index >= 15 is 0 Å². The maximum Gasteiger partial charge on any atom is 0.212 e. The normalized spacial score (nSPS) is 6.00. The summed E-state index contributed by atoms with van der Waals surface area (Å²) in [7, 11) is 0. The SMILES string of the molecule is N#[NH+].c1csnn1. The molecule has 0 aliphatic carbocycles. The lowest BCUT2D eigenvalue weighted by atomic mass is 11.1. The van der Waals surface area contributed by atoms with Crippen molar-refractivity contribution in [2.24, 2.45) is 0 Å². The Morgan fingerprint density at radius 2 is 2.29 bits per heavy atom. The third kappa shape index (κ3) is 2.79. The first kappa shape index (κ1) is 5.98. The molecule has 0 saturated heterocycles. The molecule has 0 aliphatic heterocycles. The van der Waals surface area contributed by atoms with E-state index in [-0.39, 0.29) is 0 Å². The number of rotatable bonds is 0. The van der Waals surface area contributed by atoms with Crippen molar-refractivity contribution in [1.29, 1.82) is 5.39 Å². The molecule has 0 saturated carbocycles. The number of aromatic nitrogens is 2. The van der Waals surface area contributed by atoms with Crippen molar-refractivity contribution < 1.29 is 5.39 Å². The summed E-state index contributed by atoms with van der Waals surface area (Å²) in [5.41, 5.74) is 0. The van der Waals surface area contributed by atoms with Gasteiger partial charge in [-0.3, -0.25) is 0 Å². The van der Waals surface area contributed by atoms with E-state index in [1.807, 2.05) is 5.38 Å². The second-order valence-corrected chi connectivity index (χ2v) is 1.23. The van der Waals surface area contributed by atoms with Crippen LogP contribution in [0.3, 0.4) is 0 Å².